The molecule has 0 atom stereocenters. The number of nitrogens with zero attached hydrogens (tertiary/aromatic N) is 2. The molecule has 0 aliphatic carbocycles. The van der Waals surface area contributed by atoms with Gasteiger partial charge in [0.1, 0.15) is 5.82 Å². The van der Waals surface area contributed by atoms with E-state index in [2.05, 4.69) is 38.8 Å². The highest BCUT2D eigenvalue weighted by Crippen LogP contribution is 2.27. The molecule has 1 amide bonds. The highest BCUT2D eigenvalue weighted by Gasteiger charge is 2.15. The normalized spacial score (nSPS) is 14.5. The lowest BCUT2D eigenvalue weighted by atomic mass is 10.1. The van der Waals surface area contributed by atoms with Crippen molar-refractivity contribution in [2.45, 2.75) is 19.8 Å². The fourth-order valence-corrected chi connectivity index (χ4v) is 3.41. The first kappa shape index (κ1) is 15.7. The van der Waals surface area contributed by atoms with Crippen molar-refractivity contribution in [3.8, 4) is 0 Å². The number of rotatable bonds is 5. The van der Waals surface area contributed by atoms with E-state index in [-0.39, 0.29) is 5.91 Å². The van der Waals surface area contributed by atoms with Gasteiger partial charge in [0.25, 0.3) is 5.91 Å². The molecule has 0 saturated carbocycles. The number of hydrogen-bond acceptors (Lipinski definition) is 4. The van der Waals surface area contributed by atoms with Gasteiger partial charge in [-0.05, 0) is 42.0 Å². The molecule has 2 aromatic heterocycles. The van der Waals surface area contributed by atoms with Crippen molar-refractivity contribution in [1.82, 2.24) is 10.3 Å². The molecular formula is C18H21N3OS. The fraction of sp³-hybridized carbons (Fsp3) is 0.333. The predicted molar refractivity (Wildman–Crippen MR) is 96.0 cm³/mol. The maximum atomic E-state index is 11.9. The molecule has 2 aromatic rings. The Hall–Kier alpha value is -2.14. The van der Waals surface area contributed by atoms with E-state index in [1.165, 1.54) is 10.5 Å². The minimum Gasteiger partial charge on any atom is -0.353 e. The largest absolute Gasteiger partial charge is 0.353 e. The standard InChI is InChI=1S/C18H21N3OS/c1-2-9-19-18(22)15-5-6-17(20-13-15)21-10-7-14(8-11-21)16-4-3-12-23-16/h3-7,12-13H,2,8-11H2,1H3,(H,19,22). The van der Waals surface area contributed by atoms with Crippen molar-refractivity contribution in [1.29, 1.82) is 0 Å². The van der Waals surface area contributed by atoms with Crippen molar-refractivity contribution in [3.63, 3.8) is 0 Å². The van der Waals surface area contributed by atoms with Crippen LogP contribution in [0.3, 0.4) is 0 Å². The summed E-state index contributed by atoms with van der Waals surface area (Å²) in [4.78, 5) is 20.0. The summed E-state index contributed by atoms with van der Waals surface area (Å²) in [6.45, 7) is 4.55. The highest BCUT2D eigenvalue weighted by atomic mass is 32.1. The third kappa shape index (κ3) is 3.79. The summed E-state index contributed by atoms with van der Waals surface area (Å²) in [6.07, 6.45) is 5.91. The monoisotopic (exact) mass is 327 g/mol. The van der Waals surface area contributed by atoms with Crippen LogP contribution < -0.4 is 10.2 Å². The number of anilines is 1. The summed E-state index contributed by atoms with van der Waals surface area (Å²) in [7, 11) is 0. The zero-order valence-electron chi connectivity index (χ0n) is 13.3. The van der Waals surface area contributed by atoms with Crippen LogP contribution in [0.25, 0.3) is 5.57 Å². The first-order valence-corrected chi connectivity index (χ1v) is 8.88. The number of aromatic nitrogens is 1. The van der Waals surface area contributed by atoms with Gasteiger partial charge in [0.2, 0.25) is 0 Å². The van der Waals surface area contributed by atoms with E-state index >= 15 is 0 Å². The smallest absolute Gasteiger partial charge is 0.252 e. The van der Waals surface area contributed by atoms with Crippen LogP contribution in [-0.2, 0) is 0 Å². The molecule has 1 aliphatic heterocycles. The summed E-state index contributed by atoms with van der Waals surface area (Å²) in [5, 5.41) is 4.99. The Morgan fingerprint density at radius 1 is 1.39 bits per heavy atom. The number of hydrogen-bond donors (Lipinski definition) is 1. The van der Waals surface area contributed by atoms with Crippen molar-refractivity contribution < 1.29 is 4.79 Å². The Morgan fingerprint density at radius 2 is 2.30 bits per heavy atom. The minimum absolute atomic E-state index is 0.0515. The average Bonchev–Trinajstić information content (AvgIpc) is 3.14. The second kappa shape index (κ2) is 7.42. The van der Waals surface area contributed by atoms with Gasteiger partial charge in [0.05, 0.1) is 5.56 Å². The van der Waals surface area contributed by atoms with Gasteiger partial charge in [0, 0.05) is 30.7 Å². The Kier molecular flexibility index (Phi) is 5.08. The molecule has 0 saturated heterocycles. The van der Waals surface area contributed by atoms with Crippen LogP contribution in [0.5, 0.6) is 0 Å². The summed E-state index contributed by atoms with van der Waals surface area (Å²) >= 11 is 1.79. The summed E-state index contributed by atoms with van der Waals surface area (Å²) in [5.41, 5.74) is 2.04. The Balaban J connectivity index is 1.63. The van der Waals surface area contributed by atoms with Crippen molar-refractivity contribution >= 4 is 28.6 Å². The number of carbonyl (C=O) groups excluding carboxylic acids is 1. The molecule has 5 heteroatoms. The lowest BCUT2D eigenvalue weighted by Crippen LogP contribution is -2.29. The molecule has 1 aliphatic rings. The second-order valence-corrected chi connectivity index (χ2v) is 6.51. The molecule has 0 aromatic carbocycles. The first-order valence-electron chi connectivity index (χ1n) is 8.00. The zero-order chi connectivity index (χ0) is 16.1. The van der Waals surface area contributed by atoms with Gasteiger partial charge < -0.3 is 10.2 Å². The van der Waals surface area contributed by atoms with Crippen molar-refractivity contribution in [2.75, 3.05) is 24.5 Å². The van der Waals surface area contributed by atoms with E-state index < -0.39 is 0 Å². The molecule has 3 rings (SSSR count). The Morgan fingerprint density at radius 3 is 2.91 bits per heavy atom. The van der Waals surface area contributed by atoms with Crippen LogP contribution in [0.1, 0.15) is 35.0 Å². The molecule has 4 nitrogen and oxygen atoms in total. The Bertz CT molecular complexity index is 677. The van der Waals surface area contributed by atoms with Crippen LogP contribution in [-0.4, -0.2) is 30.5 Å². The third-order valence-electron chi connectivity index (χ3n) is 3.92. The number of carbonyl (C=O) groups is 1. The number of amides is 1. The third-order valence-corrected chi connectivity index (χ3v) is 4.86. The number of nitrogens with one attached hydrogen (secondary N) is 1. The van der Waals surface area contributed by atoms with Gasteiger partial charge in [-0.25, -0.2) is 4.98 Å². The van der Waals surface area contributed by atoms with E-state index in [1.54, 1.807) is 17.5 Å². The molecule has 0 unspecified atom stereocenters. The average molecular weight is 327 g/mol. The van der Waals surface area contributed by atoms with Crippen LogP contribution in [0.2, 0.25) is 0 Å². The highest BCUT2D eigenvalue weighted by molar-refractivity contribution is 7.11. The SMILES string of the molecule is CCCNC(=O)c1ccc(N2CC=C(c3cccs3)CC2)nc1. The van der Waals surface area contributed by atoms with E-state index in [4.69, 9.17) is 0 Å². The summed E-state index contributed by atoms with van der Waals surface area (Å²) < 4.78 is 0. The Labute approximate surface area is 140 Å². The molecule has 0 spiro atoms. The lowest BCUT2D eigenvalue weighted by molar-refractivity contribution is 0.0953. The van der Waals surface area contributed by atoms with Crippen LogP contribution in [0.15, 0.2) is 41.9 Å². The molecule has 0 fully saturated rings. The van der Waals surface area contributed by atoms with Gasteiger partial charge >= 0.3 is 0 Å². The summed E-state index contributed by atoms with van der Waals surface area (Å²) in [5.74, 6) is 0.878. The molecule has 120 valence electrons. The van der Waals surface area contributed by atoms with E-state index in [0.717, 1.165) is 31.7 Å². The van der Waals surface area contributed by atoms with E-state index in [0.29, 0.717) is 12.1 Å². The molecule has 0 radical (unpaired) electrons. The lowest BCUT2D eigenvalue weighted by Gasteiger charge is -2.27. The first-order chi connectivity index (χ1) is 11.3. The predicted octanol–water partition coefficient (Wildman–Crippen LogP) is 3.58. The molecular weight excluding hydrogens is 306 g/mol. The van der Waals surface area contributed by atoms with Crippen molar-refractivity contribution in [3.05, 3.63) is 52.4 Å². The molecule has 23 heavy (non-hydrogen) atoms. The van der Waals surface area contributed by atoms with Gasteiger partial charge in [-0.15, -0.1) is 11.3 Å². The van der Waals surface area contributed by atoms with Gasteiger partial charge in [-0.3, -0.25) is 4.79 Å². The quantitative estimate of drug-likeness (QED) is 0.913. The second-order valence-electron chi connectivity index (χ2n) is 5.56. The van der Waals surface area contributed by atoms with Crippen LogP contribution in [0.4, 0.5) is 5.82 Å². The minimum atomic E-state index is -0.0515. The van der Waals surface area contributed by atoms with E-state index in [9.17, 15) is 4.79 Å². The van der Waals surface area contributed by atoms with E-state index in [1.807, 2.05) is 19.1 Å². The maximum absolute atomic E-state index is 11.9. The molecule has 1 N–H and O–H groups in total. The number of pyridine rings is 1. The topological polar surface area (TPSA) is 45.2 Å². The van der Waals surface area contributed by atoms with Gasteiger partial charge in [-0.2, -0.15) is 0 Å². The summed E-state index contributed by atoms with van der Waals surface area (Å²) in [6, 6.07) is 8.06. The van der Waals surface area contributed by atoms with Gasteiger partial charge in [0.15, 0.2) is 0 Å². The molecule has 3 heterocycles. The van der Waals surface area contributed by atoms with Crippen LogP contribution >= 0.6 is 11.3 Å². The van der Waals surface area contributed by atoms with Crippen molar-refractivity contribution in [2.24, 2.45) is 0 Å². The molecule has 0 bridgehead atoms. The fourth-order valence-electron chi connectivity index (χ4n) is 2.61. The van der Waals surface area contributed by atoms with Crippen LogP contribution in [0, 0.1) is 0 Å². The van der Waals surface area contributed by atoms with Gasteiger partial charge in [-0.1, -0.05) is 19.1 Å². The maximum Gasteiger partial charge on any atom is 0.252 e. The zero-order valence-corrected chi connectivity index (χ0v) is 14.1. The number of thiophene rings is 1.